The van der Waals surface area contributed by atoms with Gasteiger partial charge >= 0.3 is 0 Å². The summed E-state index contributed by atoms with van der Waals surface area (Å²) in [6.07, 6.45) is 8.33. The summed E-state index contributed by atoms with van der Waals surface area (Å²) in [5.74, 6) is 2.54. The molecule has 0 aromatic carbocycles. The number of aromatic nitrogens is 1. The summed E-state index contributed by atoms with van der Waals surface area (Å²) in [5.41, 5.74) is 6.47. The van der Waals surface area contributed by atoms with Gasteiger partial charge in [0, 0.05) is 12.7 Å². The molecule has 1 fully saturated rings. The zero-order valence-electron chi connectivity index (χ0n) is 11.0. The van der Waals surface area contributed by atoms with Gasteiger partial charge in [0.2, 0.25) is 0 Å². The molecule has 1 aliphatic rings. The van der Waals surface area contributed by atoms with Crippen LogP contribution >= 0.6 is 11.6 Å². The number of nitrogens with one attached hydrogen (secondary N) is 1. The van der Waals surface area contributed by atoms with Crippen molar-refractivity contribution in [3.8, 4) is 0 Å². The lowest BCUT2D eigenvalue weighted by atomic mass is 9.81. The number of hydrogen-bond donors (Lipinski definition) is 2. The quantitative estimate of drug-likeness (QED) is 0.869. The van der Waals surface area contributed by atoms with Crippen LogP contribution in [-0.4, -0.2) is 11.5 Å². The highest BCUT2D eigenvalue weighted by molar-refractivity contribution is 6.30. The Hall–Kier alpha value is -0.960. The summed E-state index contributed by atoms with van der Waals surface area (Å²) in [7, 11) is 0. The fourth-order valence-electron chi connectivity index (χ4n) is 2.62. The van der Waals surface area contributed by atoms with E-state index in [1.807, 2.05) is 0 Å². The van der Waals surface area contributed by atoms with Gasteiger partial charge in [0.1, 0.15) is 5.82 Å². The van der Waals surface area contributed by atoms with Gasteiger partial charge in [-0.1, -0.05) is 44.2 Å². The number of halogens is 1. The molecule has 1 aromatic rings. The molecule has 1 aliphatic carbocycles. The fraction of sp³-hybridized carbons (Fsp3) is 0.643. The molecule has 1 aromatic heterocycles. The van der Waals surface area contributed by atoms with Gasteiger partial charge in [0.15, 0.2) is 0 Å². The largest absolute Gasteiger partial charge is 0.396 e. The fourth-order valence-corrected chi connectivity index (χ4v) is 2.78. The van der Waals surface area contributed by atoms with Crippen molar-refractivity contribution < 1.29 is 0 Å². The van der Waals surface area contributed by atoms with Crippen LogP contribution in [0.15, 0.2) is 12.3 Å². The molecule has 100 valence electrons. The zero-order chi connectivity index (χ0) is 13.0. The monoisotopic (exact) mass is 267 g/mol. The number of anilines is 2. The van der Waals surface area contributed by atoms with Crippen LogP contribution in [0.5, 0.6) is 0 Å². The molecular weight excluding hydrogens is 246 g/mol. The Morgan fingerprint density at radius 1 is 1.39 bits per heavy atom. The number of rotatable bonds is 4. The van der Waals surface area contributed by atoms with Gasteiger partial charge in [-0.15, -0.1) is 0 Å². The summed E-state index contributed by atoms with van der Waals surface area (Å²) in [5, 5.41) is 3.89. The molecule has 4 heteroatoms. The van der Waals surface area contributed by atoms with E-state index in [9.17, 15) is 0 Å². The Morgan fingerprint density at radius 2 is 2.11 bits per heavy atom. The molecule has 18 heavy (non-hydrogen) atoms. The van der Waals surface area contributed by atoms with E-state index in [2.05, 4.69) is 17.2 Å². The molecule has 0 radical (unpaired) electrons. The Labute approximate surface area is 114 Å². The topological polar surface area (TPSA) is 50.9 Å². The van der Waals surface area contributed by atoms with E-state index in [4.69, 9.17) is 17.3 Å². The number of nitrogen functional groups attached to an aromatic ring is 1. The third-order valence-electron chi connectivity index (χ3n) is 3.86. The van der Waals surface area contributed by atoms with Crippen molar-refractivity contribution in [3.05, 3.63) is 17.3 Å². The molecular formula is C14H22ClN3. The number of pyridine rings is 1. The smallest absolute Gasteiger partial charge is 0.149 e. The molecule has 0 bridgehead atoms. The van der Waals surface area contributed by atoms with E-state index in [0.717, 1.165) is 24.2 Å². The minimum atomic E-state index is 0.583. The van der Waals surface area contributed by atoms with Crippen molar-refractivity contribution in [1.29, 1.82) is 0 Å². The molecule has 0 saturated heterocycles. The van der Waals surface area contributed by atoms with Crippen LogP contribution in [0.4, 0.5) is 11.5 Å². The first-order chi connectivity index (χ1) is 8.65. The van der Waals surface area contributed by atoms with Crippen LogP contribution in [0.25, 0.3) is 0 Å². The minimum absolute atomic E-state index is 0.583. The van der Waals surface area contributed by atoms with Gasteiger partial charge in [-0.3, -0.25) is 0 Å². The molecule has 2 rings (SSSR count). The standard InChI is InChI=1S/C14H22ClN3/c1-10-2-4-11(5-3-10)6-7-17-14-13(16)8-12(15)9-18-14/h8-11H,2-7,16H2,1H3,(H,17,18). The lowest BCUT2D eigenvalue weighted by molar-refractivity contribution is 0.282. The van der Waals surface area contributed by atoms with E-state index < -0.39 is 0 Å². The predicted molar refractivity (Wildman–Crippen MR) is 77.9 cm³/mol. The Morgan fingerprint density at radius 3 is 2.78 bits per heavy atom. The first kappa shape index (κ1) is 13.5. The molecule has 3 N–H and O–H groups in total. The van der Waals surface area contributed by atoms with Crippen LogP contribution in [0.1, 0.15) is 39.0 Å². The highest BCUT2D eigenvalue weighted by atomic mass is 35.5. The van der Waals surface area contributed by atoms with E-state index in [1.165, 1.54) is 32.1 Å². The van der Waals surface area contributed by atoms with Crippen LogP contribution in [-0.2, 0) is 0 Å². The third-order valence-corrected chi connectivity index (χ3v) is 4.07. The van der Waals surface area contributed by atoms with Gasteiger partial charge in [0.25, 0.3) is 0 Å². The van der Waals surface area contributed by atoms with Crippen molar-refractivity contribution in [2.24, 2.45) is 11.8 Å². The van der Waals surface area contributed by atoms with Gasteiger partial charge in [-0.05, 0) is 24.3 Å². The zero-order valence-corrected chi connectivity index (χ0v) is 11.7. The molecule has 0 unspecified atom stereocenters. The average molecular weight is 268 g/mol. The summed E-state index contributed by atoms with van der Waals surface area (Å²) < 4.78 is 0. The molecule has 0 aliphatic heterocycles. The van der Waals surface area contributed by atoms with Crippen LogP contribution in [0.2, 0.25) is 5.02 Å². The second-order valence-electron chi connectivity index (χ2n) is 5.43. The maximum absolute atomic E-state index is 5.85. The summed E-state index contributed by atoms with van der Waals surface area (Å²) in [6.45, 7) is 3.30. The first-order valence-corrected chi connectivity index (χ1v) is 7.18. The number of nitrogens with two attached hydrogens (primary N) is 1. The molecule has 0 amide bonds. The van der Waals surface area contributed by atoms with Crippen molar-refractivity contribution in [1.82, 2.24) is 4.98 Å². The van der Waals surface area contributed by atoms with Gasteiger partial charge in [-0.2, -0.15) is 0 Å². The normalized spacial score (nSPS) is 23.9. The lowest BCUT2D eigenvalue weighted by Crippen LogP contribution is -2.16. The molecule has 3 nitrogen and oxygen atoms in total. The maximum atomic E-state index is 5.85. The van der Waals surface area contributed by atoms with E-state index in [-0.39, 0.29) is 0 Å². The lowest BCUT2D eigenvalue weighted by Gasteiger charge is -2.26. The van der Waals surface area contributed by atoms with E-state index >= 15 is 0 Å². The van der Waals surface area contributed by atoms with Gasteiger partial charge in [-0.25, -0.2) is 4.98 Å². The van der Waals surface area contributed by atoms with Gasteiger partial charge < -0.3 is 11.1 Å². The van der Waals surface area contributed by atoms with Crippen molar-refractivity contribution in [2.75, 3.05) is 17.6 Å². The SMILES string of the molecule is CC1CCC(CCNc2ncc(Cl)cc2N)CC1. The second-order valence-corrected chi connectivity index (χ2v) is 5.87. The highest BCUT2D eigenvalue weighted by Crippen LogP contribution is 2.30. The van der Waals surface area contributed by atoms with E-state index in [1.54, 1.807) is 12.3 Å². The van der Waals surface area contributed by atoms with Crippen molar-refractivity contribution in [2.45, 2.75) is 39.0 Å². The molecule has 1 heterocycles. The first-order valence-electron chi connectivity index (χ1n) is 6.80. The van der Waals surface area contributed by atoms with Crippen LogP contribution < -0.4 is 11.1 Å². The Bertz CT molecular complexity index is 387. The summed E-state index contributed by atoms with van der Waals surface area (Å²) in [4.78, 5) is 4.20. The van der Waals surface area contributed by atoms with Crippen molar-refractivity contribution >= 4 is 23.1 Å². The number of hydrogen-bond acceptors (Lipinski definition) is 3. The van der Waals surface area contributed by atoms with Gasteiger partial charge in [0.05, 0.1) is 10.7 Å². The van der Waals surface area contributed by atoms with E-state index in [0.29, 0.717) is 10.7 Å². The Balaban J connectivity index is 1.75. The number of nitrogens with zero attached hydrogens (tertiary/aromatic N) is 1. The minimum Gasteiger partial charge on any atom is -0.396 e. The summed E-state index contributed by atoms with van der Waals surface area (Å²) >= 11 is 5.82. The van der Waals surface area contributed by atoms with Crippen LogP contribution in [0, 0.1) is 11.8 Å². The van der Waals surface area contributed by atoms with Crippen molar-refractivity contribution in [3.63, 3.8) is 0 Å². The Kier molecular flexibility index (Phi) is 4.70. The average Bonchev–Trinajstić information content (AvgIpc) is 2.34. The van der Waals surface area contributed by atoms with Crippen LogP contribution in [0.3, 0.4) is 0 Å². The molecule has 0 atom stereocenters. The highest BCUT2D eigenvalue weighted by Gasteiger charge is 2.17. The third kappa shape index (κ3) is 3.77. The molecule has 0 spiro atoms. The maximum Gasteiger partial charge on any atom is 0.149 e. The molecule has 1 saturated carbocycles. The summed E-state index contributed by atoms with van der Waals surface area (Å²) in [6, 6.07) is 1.74. The second kappa shape index (κ2) is 6.28. The predicted octanol–water partition coefficient (Wildman–Crippen LogP) is 3.95.